The number of para-hydroxylation sites is 2. The molecule has 0 atom stereocenters. The molecule has 0 radical (unpaired) electrons. The van der Waals surface area contributed by atoms with Gasteiger partial charge in [-0.2, -0.15) is 0 Å². The minimum atomic E-state index is -0.323. The van der Waals surface area contributed by atoms with Crippen LogP contribution in [-0.2, 0) is 0 Å². The van der Waals surface area contributed by atoms with E-state index in [1.807, 2.05) is 24.3 Å². The molecule has 4 nitrogen and oxygen atoms in total. The van der Waals surface area contributed by atoms with E-state index in [1.165, 1.54) is 12.1 Å². The molecule has 1 saturated heterocycles. The molecule has 0 amide bonds. The van der Waals surface area contributed by atoms with Crippen LogP contribution < -0.4 is 0 Å². The summed E-state index contributed by atoms with van der Waals surface area (Å²) in [5.41, 5.74) is 2.28. The Morgan fingerprint density at radius 2 is 1.84 bits per heavy atom. The third kappa shape index (κ3) is 3.46. The third-order valence-electron chi connectivity index (χ3n) is 4.78. The van der Waals surface area contributed by atoms with E-state index in [0.29, 0.717) is 18.0 Å². The number of carbonyl (C=O) groups is 1. The van der Waals surface area contributed by atoms with Crippen molar-refractivity contribution in [2.24, 2.45) is 0 Å². The van der Waals surface area contributed by atoms with Gasteiger partial charge in [-0.3, -0.25) is 9.69 Å². The Morgan fingerprint density at radius 3 is 2.56 bits per heavy atom. The SMILES string of the molecule is O=C(CN1CCC(c2nc3ccccc3o2)CC1)c1ccc(F)cc1. The number of hydrogen-bond donors (Lipinski definition) is 0. The molecule has 2 aromatic carbocycles. The first-order valence-electron chi connectivity index (χ1n) is 8.55. The van der Waals surface area contributed by atoms with E-state index in [9.17, 15) is 9.18 Å². The molecule has 0 aliphatic carbocycles. The van der Waals surface area contributed by atoms with Crippen molar-refractivity contribution < 1.29 is 13.6 Å². The van der Waals surface area contributed by atoms with E-state index in [2.05, 4.69) is 9.88 Å². The van der Waals surface area contributed by atoms with Gasteiger partial charge in [0, 0.05) is 11.5 Å². The van der Waals surface area contributed by atoms with Gasteiger partial charge in [0.1, 0.15) is 11.3 Å². The van der Waals surface area contributed by atoms with Crippen molar-refractivity contribution in [1.29, 1.82) is 0 Å². The number of nitrogens with zero attached hydrogens (tertiary/aromatic N) is 2. The van der Waals surface area contributed by atoms with E-state index in [1.54, 1.807) is 12.1 Å². The van der Waals surface area contributed by atoms with Crippen molar-refractivity contribution >= 4 is 16.9 Å². The molecule has 0 spiro atoms. The quantitative estimate of drug-likeness (QED) is 0.674. The van der Waals surface area contributed by atoms with Crippen molar-refractivity contribution in [2.45, 2.75) is 18.8 Å². The predicted molar refractivity (Wildman–Crippen MR) is 93.2 cm³/mol. The van der Waals surface area contributed by atoms with Gasteiger partial charge in [-0.25, -0.2) is 9.37 Å². The van der Waals surface area contributed by atoms with Crippen molar-refractivity contribution in [3.8, 4) is 0 Å². The minimum absolute atomic E-state index is 0.0281. The van der Waals surface area contributed by atoms with Gasteiger partial charge < -0.3 is 4.42 Å². The van der Waals surface area contributed by atoms with Crippen LogP contribution >= 0.6 is 0 Å². The van der Waals surface area contributed by atoms with Gasteiger partial charge >= 0.3 is 0 Å². The molecule has 1 aliphatic heterocycles. The highest BCUT2D eigenvalue weighted by Crippen LogP contribution is 2.29. The average molecular weight is 338 g/mol. The van der Waals surface area contributed by atoms with E-state index < -0.39 is 0 Å². The van der Waals surface area contributed by atoms with E-state index >= 15 is 0 Å². The van der Waals surface area contributed by atoms with Crippen molar-refractivity contribution in [3.05, 3.63) is 65.8 Å². The normalized spacial score (nSPS) is 16.4. The highest BCUT2D eigenvalue weighted by atomic mass is 19.1. The van der Waals surface area contributed by atoms with Crippen LogP contribution in [-0.4, -0.2) is 35.3 Å². The Kier molecular flexibility index (Phi) is 4.32. The standard InChI is InChI=1S/C20H19FN2O2/c21-16-7-5-14(6-8-16)18(24)13-23-11-9-15(10-12-23)20-22-17-3-1-2-4-19(17)25-20/h1-8,15H,9-13H2. The van der Waals surface area contributed by atoms with Crippen LogP contribution in [0.15, 0.2) is 52.9 Å². The number of piperidine rings is 1. The predicted octanol–water partition coefficient (Wildman–Crippen LogP) is 4.03. The first kappa shape index (κ1) is 16.0. The lowest BCUT2D eigenvalue weighted by atomic mass is 9.96. The lowest BCUT2D eigenvalue weighted by Gasteiger charge is -2.29. The summed E-state index contributed by atoms with van der Waals surface area (Å²) in [7, 11) is 0. The maximum Gasteiger partial charge on any atom is 0.198 e. The number of aromatic nitrogens is 1. The second kappa shape index (κ2) is 6.76. The molecule has 25 heavy (non-hydrogen) atoms. The lowest BCUT2D eigenvalue weighted by Crippen LogP contribution is -2.36. The molecule has 1 aromatic heterocycles. The van der Waals surface area contributed by atoms with Crippen molar-refractivity contribution in [2.75, 3.05) is 19.6 Å². The number of halogens is 1. The molecule has 0 bridgehead atoms. The largest absolute Gasteiger partial charge is 0.440 e. The van der Waals surface area contributed by atoms with E-state index in [0.717, 1.165) is 42.9 Å². The molecule has 2 heterocycles. The number of ketones is 1. The summed E-state index contributed by atoms with van der Waals surface area (Å²) in [6.45, 7) is 2.03. The van der Waals surface area contributed by atoms with Crippen LogP contribution in [0.5, 0.6) is 0 Å². The zero-order valence-electron chi connectivity index (χ0n) is 13.8. The monoisotopic (exact) mass is 338 g/mol. The van der Waals surface area contributed by atoms with Crippen LogP contribution in [0.1, 0.15) is 35.0 Å². The fourth-order valence-corrected chi connectivity index (χ4v) is 3.33. The number of likely N-dealkylation sites (tertiary alicyclic amines) is 1. The Hall–Kier alpha value is -2.53. The second-order valence-corrected chi connectivity index (χ2v) is 6.50. The van der Waals surface area contributed by atoms with Gasteiger partial charge in [-0.15, -0.1) is 0 Å². The van der Waals surface area contributed by atoms with Crippen molar-refractivity contribution in [1.82, 2.24) is 9.88 Å². The number of benzene rings is 2. The second-order valence-electron chi connectivity index (χ2n) is 6.50. The molecular formula is C20H19FN2O2. The van der Waals surface area contributed by atoms with Crippen LogP contribution in [0.25, 0.3) is 11.1 Å². The molecule has 1 fully saturated rings. The molecule has 4 rings (SSSR count). The fraction of sp³-hybridized carbons (Fsp3) is 0.300. The van der Waals surface area contributed by atoms with Crippen LogP contribution in [0.4, 0.5) is 4.39 Å². The third-order valence-corrected chi connectivity index (χ3v) is 4.78. The number of oxazole rings is 1. The Bertz CT molecular complexity index is 847. The summed E-state index contributed by atoms with van der Waals surface area (Å²) >= 11 is 0. The molecule has 1 aliphatic rings. The maximum atomic E-state index is 13.0. The topological polar surface area (TPSA) is 46.3 Å². The highest BCUT2D eigenvalue weighted by Gasteiger charge is 2.25. The van der Waals surface area contributed by atoms with Gasteiger partial charge in [0.15, 0.2) is 17.3 Å². The van der Waals surface area contributed by atoms with Crippen LogP contribution in [0.2, 0.25) is 0 Å². The molecule has 3 aromatic rings. The Balaban J connectivity index is 1.36. The first-order valence-corrected chi connectivity index (χ1v) is 8.55. The average Bonchev–Trinajstić information content (AvgIpc) is 3.07. The van der Waals surface area contributed by atoms with Crippen LogP contribution in [0.3, 0.4) is 0 Å². The summed E-state index contributed by atoms with van der Waals surface area (Å²) in [5, 5.41) is 0. The van der Waals surface area contributed by atoms with E-state index in [4.69, 9.17) is 4.42 Å². The van der Waals surface area contributed by atoms with Gasteiger partial charge in [0.05, 0.1) is 6.54 Å². The summed E-state index contributed by atoms with van der Waals surface area (Å²) < 4.78 is 18.8. The number of rotatable bonds is 4. The smallest absolute Gasteiger partial charge is 0.198 e. The van der Waals surface area contributed by atoms with Gasteiger partial charge in [0.25, 0.3) is 0 Å². The lowest BCUT2D eigenvalue weighted by molar-refractivity contribution is 0.0906. The maximum absolute atomic E-state index is 13.0. The first-order chi connectivity index (χ1) is 12.2. The van der Waals surface area contributed by atoms with Crippen molar-refractivity contribution in [3.63, 3.8) is 0 Å². The van der Waals surface area contributed by atoms with Gasteiger partial charge in [0.2, 0.25) is 0 Å². The summed E-state index contributed by atoms with van der Waals surface area (Å²) in [6, 6.07) is 13.5. The zero-order valence-corrected chi connectivity index (χ0v) is 13.8. The molecule has 5 heteroatoms. The van der Waals surface area contributed by atoms with Gasteiger partial charge in [-0.1, -0.05) is 12.1 Å². The number of Topliss-reactive ketones (excluding diaryl/α,β-unsaturated/α-hetero) is 1. The number of hydrogen-bond acceptors (Lipinski definition) is 4. The summed E-state index contributed by atoms with van der Waals surface area (Å²) in [5.74, 6) is 0.797. The molecule has 0 saturated carbocycles. The molecule has 0 N–H and O–H groups in total. The number of carbonyl (C=O) groups excluding carboxylic acids is 1. The Morgan fingerprint density at radius 1 is 1.12 bits per heavy atom. The zero-order chi connectivity index (χ0) is 17.2. The summed E-state index contributed by atoms with van der Waals surface area (Å²) in [6.07, 6.45) is 1.84. The molecule has 128 valence electrons. The van der Waals surface area contributed by atoms with Crippen LogP contribution in [0, 0.1) is 5.82 Å². The van der Waals surface area contributed by atoms with Gasteiger partial charge in [-0.05, 0) is 62.3 Å². The molecular weight excluding hydrogens is 319 g/mol. The minimum Gasteiger partial charge on any atom is -0.440 e. The molecule has 0 unspecified atom stereocenters. The fourth-order valence-electron chi connectivity index (χ4n) is 3.33. The number of fused-ring (bicyclic) bond motifs is 1. The summed E-state index contributed by atoms with van der Waals surface area (Å²) in [4.78, 5) is 19.0. The Labute approximate surface area is 145 Å². The highest BCUT2D eigenvalue weighted by molar-refractivity contribution is 5.97. The van der Waals surface area contributed by atoms with E-state index in [-0.39, 0.29) is 11.6 Å².